The van der Waals surface area contributed by atoms with Crippen LogP contribution in [-0.2, 0) is 26.2 Å². The number of fused-ring (bicyclic) bond motifs is 1. The summed E-state index contributed by atoms with van der Waals surface area (Å²) in [4.78, 5) is 39.3. The Hall–Kier alpha value is -3.27. The molecule has 1 N–H and O–H groups in total. The smallest absolute Gasteiger partial charge is 0.269 e. The van der Waals surface area contributed by atoms with Gasteiger partial charge in [0.15, 0.2) is 0 Å². The van der Waals surface area contributed by atoms with E-state index in [-0.39, 0.29) is 35.5 Å². The molecule has 1 heterocycles. The lowest BCUT2D eigenvalue weighted by atomic mass is 10.1. The predicted octanol–water partition coefficient (Wildman–Crippen LogP) is 2.30. The van der Waals surface area contributed by atoms with Gasteiger partial charge in [-0.1, -0.05) is 37.3 Å². The molecule has 0 fully saturated rings. The molecule has 3 amide bonds. The van der Waals surface area contributed by atoms with E-state index in [0.29, 0.717) is 17.3 Å². The van der Waals surface area contributed by atoms with Gasteiger partial charge in [0, 0.05) is 31.6 Å². The Balaban J connectivity index is 1.79. The third kappa shape index (κ3) is 5.05. The summed E-state index contributed by atoms with van der Waals surface area (Å²) in [5, 5.41) is 2.71. The van der Waals surface area contributed by atoms with Crippen LogP contribution in [0.4, 0.5) is 4.39 Å². The van der Waals surface area contributed by atoms with Gasteiger partial charge in [-0.2, -0.15) is 0 Å². The van der Waals surface area contributed by atoms with E-state index in [1.54, 1.807) is 12.1 Å². The van der Waals surface area contributed by atoms with E-state index in [1.165, 1.54) is 48.2 Å². The number of benzene rings is 2. The zero-order valence-corrected chi connectivity index (χ0v) is 19.3. The minimum atomic E-state index is -4.06. The maximum atomic E-state index is 14.2. The van der Waals surface area contributed by atoms with E-state index < -0.39 is 39.6 Å². The Morgan fingerprint density at radius 3 is 2.45 bits per heavy atom. The Morgan fingerprint density at radius 2 is 1.79 bits per heavy atom. The molecule has 176 valence electrons. The molecule has 0 saturated heterocycles. The van der Waals surface area contributed by atoms with Gasteiger partial charge in [0.25, 0.3) is 15.9 Å². The van der Waals surface area contributed by atoms with Crippen LogP contribution in [0, 0.1) is 5.82 Å². The molecule has 0 bridgehead atoms. The van der Waals surface area contributed by atoms with Crippen molar-refractivity contribution in [3.63, 3.8) is 0 Å². The lowest BCUT2D eigenvalue weighted by Crippen LogP contribution is -2.48. The molecule has 0 saturated carbocycles. The number of halogens is 1. The highest BCUT2D eigenvalue weighted by atomic mass is 32.2. The fourth-order valence-electron chi connectivity index (χ4n) is 3.58. The van der Waals surface area contributed by atoms with Crippen molar-refractivity contribution in [2.45, 2.75) is 44.2 Å². The first-order chi connectivity index (χ1) is 15.7. The van der Waals surface area contributed by atoms with E-state index in [2.05, 4.69) is 5.32 Å². The molecule has 0 radical (unpaired) electrons. The molecule has 1 atom stereocenters. The van der Waals surface area contributed by atoms with Crippen molar-refractivity contribution in [3.8, 4) is 0 Å². The average molecular weight is 476 g/mol. The molecule has 1 aliphatic rings. The molecule has 8 nitrogen and oxygen atoms in total. The van der Waals surface area contributed by atoms with Gasteiger partial charge in [0.1, 0.15) is 16.8 Å². The largest absolute Gasteiger partial charge is 0.354 e. The monoisotopic (exact) mass is 475 g/mol. The van der Waals surface area contributed by atoms with Crippen LogP contribution in [0.15, 0.2) is 53.4 Å². The minimum Gasteiger partial charge on any atom is -0.354 e. The Kier molecular flexibility index (Phi) is 7.47. The standard InChI is InChI=1S/C23H26FN3O5S/c1-3-13-25-22(29)16(2)26(15-17-8-4-6-10-19(17)24)21(28)12-14-27-23(30)18-9-5-7-11-20(18)33(27,31)32/h4-11,16H,3,12-15H2,1-2H3,(H,25,29)/t16-/m0/s1. The molecule has 3 rings (SSSR count). The highest BCUT2D eigenvalue weighted by Crippen LogP contribution is 2.30. The number of carbonyl (C=O) groups excluding carboxylic acids is 3. The maximum Gasteiger partial charge on any atom is 0.269 e. The summed E-state index contributed by atoms with van der Waals surface area (Å²) < 4.78 is 40.4. The highest BCUT2D eigenvalue weighted by Gasteiger charge is 2.41. The third-order valence-electron chi connectivity index (χ3n) is 5.46. The molecule has 0 aromatic heterocycles. The van der Waals surface area contributed by atoms with Gasteiger partial charge in [-0.05, 0) is 31.5 Å². The van der Waals surface area contributed by atoms with E-state index in [9.17, 15) is 27.2 Å². The Bertz CT molecular complexity index is 1170. The van der Waals surface area contributed by atoms with Gasteiger partial charge in [-0.15, -0.1) is 0 Å². The number of rotatable bonds is 9. The fraction of sp³-hybridized carbons (Fsp3) is 0.348. The third-order valence-corrected chi connectivity index (χ3v) is 7.30. The van der Waals surface area contributed by atoms with Crippen LogP contribution in [0.3, 0.4) is 0 Å². The van der Waals surface area contributed by atoms with E-state index in [4.69, 9.17) is 0 Å². The van der Waals surface area contributed by atoms with Gasteiger partial charge in [-0.3, -0.25) is 14.4 Å². The summed E-state index contributed by atoms with van der Waals surface area (Å²) in [7, 11) is -4.06. The van der Waals surface area contributed by atoms with Crippen molar-refractivity contribution in [3.05, 3.63) is 65.5 Å². The normalized spacial score (nSPS) is 15.1. The number of sulfonamides is 1. The molecular formula is C23H26FN3O5S. The van der Waals surface area contributed by atoms with Gasteiger partial charge >= 0.3 is 0 Å². The van der Waals surface area contributed by atoms with E-state index in [1.807, 2.05) is 6.92 Å². The van der Waals surface area contributed by atoms with Gasteiger partial charge in [0.2, 0.25) is 11.8 Å². The fourth-order valence-corrected chi connectivity index (χ4v) is 5.15. The highest BCUT2D eigenvalue weighted by molar-refractivity contribution is 7.90. The molecule has 0 spiro atoms. The summed E-state index contributed by atoms with van der Waals surface area (Å²) >= 11 is 0. The van der Waals surface area contributed by atoms with Gasteiger partial charge < -0.3 is 10.2 Å². The topological polar surface area (TPSA) is 104 Å². The molecule has 0 aliphatic carbocycles. The number of amides is 3. The second-order valence-electron chi connectivity index (χ2n) is 7.71. The number of nitrogens with zero attached hydrogens (tertiary/aromatic N) is 2. The zero-order valence-electron chi connectivity index (χ0n) is 18.5. The molecule has 10 heteroatoms. The number of nitrogens with one attached hydrogen (secondary N) is 1. The number of hydrogen-bond donors (Lipinski definition) is 1. The molecule has 1 aliphatic heterocycles. The summed E-state index contributed by atoms with van der Waals surface area (Å²) in [5.41, 5.74) is 0.277. The minimum absolute atomic E-state index is 0.0560. The zero-order chi connectivity index (χ0) is 24.2. The summed E-state index contributed by atoms with van der Waals surface area (Å²) in [6.45, 7) is 3.28. The first-order valence-corrected chi connectivity index (χ1v) is 12.1. The summed E-state index contributed by atoms with van der Waals surface area (Å²) in [5.74, 6) is -2.20. The lowest BCUT2D eigenvalue weighted by Gasteiger charge is -2.29. The summed E-state index contributed by atoms with van der Waals surface area (Å²) in [6, 6.07) is 10.8. The van der Waals surface area contributed by atoms with Crippen molar-refractivity contribution >= 4 is 27.7 Å². The molecule has 0 unspecified atom stereocenters. The number of hydrogen-bond acceptors (Lipinski definition) is 5. The molecule has 2 aromatic rings. The van der Waals surface area contributed by atoms with Gasteiger partial charge in [0.05, 0.1) is 5.56 Å². The van der Waals surface area contributed by atoms with Crippen LogP contribution in [-0.4, -0.2) is 54.5 Å². The molecule has 2 aromatic carbocycles. The van der Waals surface area contributed by atoms with Crippen LogP contribution in [0.1, 0.15) is 42.6 Å². The first-order valence-electron chi connectivity index (χ1n) is 10.6. The van der Waals surface area contributed by atoms with Crippen molar-refractivity contribution in [1.82, 2.24) is 14.5 Å². The van der Waals surface area contributed by atoms with Crippen LogP contribution in [0.2, 0.25) is 0 Å². The second-order valence-corrected chi connectivity index (χ2v) is 9.54. The van der Waals surface area contributed by atoms with Crippen LogP contribution >= 0.6 is 0 Å². The SMILES string of the molecule is CCCNC(=O)[C@H](C)N(Cc1ccccc1F)C(=O)CCN1C(=O)c2ccccc2S1(=O)=O. The van der Waals surface area contributed by atoms with Crippen molar-refractivity contribution < 1.29 is 27.2 Å². The molecule has 33 heavy (non-hydrogen) atoms. The van der Waals surface area contributed by atoms with E-state index >= 15 is 0 Å². The first kappa shape index (κ1) is 24.4. The maximum absolute atomic E-state index is 14.2. The van der Waals surface area contributed by atoms with Crippen molar-refractivity contribution in [2.75, 3.05) is 13.1 Å². The Morgan fingerprint density at radius 1 is 1.12 bits per heavy atom. The Labute approximate surface area is 192 Å². The van der Waals surface area contributed by atoms with Crippen LogP contribution < -0.4 is 5.32 Å². The van der Waals surface area contributed by atoms with Crippen molar-refractivity contribution in [2.24, 2.45) is 0 Å². The number of carbonyl (C=O) groups is 3. The molecular weight excluding hydrogens is 449 g/mol. The van der Waals surface area contributed by atoms with Crippen LogP contribution in [0.5, 0.6) is 0 Å². The summed E-state index contributed by atoms with van der Waals surface area (Å²) in [6.07, 6.45) is 0.355. The average Bonchev–Trinajstić information content (AvgIpc) is 3.00. The van der Waals surface area contributed by atoms with Crippen molar-refractivity contribution in [1.29, 1.82) is 0 Å². The second kappa shape index (κ2) is 10.1. The quantitative estimate of drug-likeness (QED) is 0.599. The van der Waals surface area contributed by atoms with Crippen LogP contribution in [0.25, 0.3) is 0 Å². The van der Waals surface area contributed by atoms with E-state index in [0.717, 1.165) is 0 Å². The lowest BCUT2D eigenvalue weighted by molar-refractivity contribution is -0.140. The van der Waals surface area contributed by atoms with Gasteiger partial charge in [-0.25, -0.2) is 17.1 Å². The predicted molar refractivity (Wildman–Crippen MR) is 119 cm³/mol.